The third-order valence-corrected chi connectivity index (χ3v) is 4.13. The molecule has 0 aromatic carbocycles. The third-order valence-electron chi connectivity index (χ3n) is 3.57. The minimum Gasteiger partial charge on any atom is -0.317 e. The first kappa shape index (κ1) is 15.0. The molecule has 1 saturated heterocycles. The van der Waals surface area contributed by atoms with Crippen molar-refractivity contribution in [2.24, 2.45) is 0 Å². The van der Waals surface area contributed by atoms with E-state index in [-0.39, 0.29) is 0 Å². The lowest BCUT2D eigenvalue weighted by molar-refractivity contribution is 0.152. The van der Waals surface area contributed by atoms with Crippen LogP contribution in [0, 0.1) is 0 Å². The Morgan fingerprint density at radius 2 is 2.05 bits per heavy atom. The Morgan fingerprint density at radius 1 is 1.32 bits per heavy atom. The number of nitrogens with zero attached hydrogens (tertiary/aromatic N) is 2. The van der Waals surface area contributed by atoms with Gasteiger partial charge in [-0.05, 0) is 51.0 Å². The molecular formula is C14H21Cl2N3. The molecule has 0 unspecified atom stereocenters. The molecule has 0 bridgehead atoms. The molecule has 0 spiro atoms. The number of nitrogens with one attached hydrogen (secondary N) is 1. The van der Waals surface area contributed by atoms with Gasteiger partial charge >= 0.3 is 0 Å². The highest BCUT2D eigenvalue weighted by molar-refractivity contribution is 6.32. The Hall–Kier alpha value is -0.350. The fourth-order valence-electron chi connectivity index (χ4n) is 2.61. The van der Waals surface area contributed by atoms with Gasteiger partial charge in [-0.2, -0.15) is 0 Å². The topological polar surface area (TPSA) is 28.2 Å². The lowest BCUT2D eigenvalue weighted by Crippen LogP contribution is -2.43. The fraction of sp³-hybridized carbons (Fsp3) is 0.643. The molecule has 19 heavy (non-hydrogen) atoms. The average molecular weight is 302 g/mol. The predicted octanol–water partition coefficient (Wildman–Crippen LogP) is 3.35. The molecule has 106 valence electrons. The Labute approximate surface area is 125 Å². The summed E-state index contributed by atoms with van der Waals surface area (Å²) in [5.74, 6) is 0. The largest absolute Gasteiger partial charge is 0.317 e. The third kappa shape index (κ3) is 4.32. The summed E-state index contributed by atoms with van der Waals surface area (Å²) in [4.78, 5) is 6.86. The molecular weight excluding hydrogens is 281 g/mol. The molecule has 0 saturated carbocycles. The number of piperidine rings is 1. The molecule has 0 aliphatic carbocycles. The second kappa shape index (κ2) is 7.44. The van der Waals surface area contributed by atoms with Gasteiger partial charge in [0.1, 0.15) is 5.15 Å². The molecule has 1 aromatic heterocycles. The highest BCUT2D eigenvalue weighted by atomic mass is 35.5. The van der Waals surface area contributed by atoms with E-state index in [1.807, 2.05) is 6.07 Å². The molecule has 0 atom stereocenters. The maximum atomic E-state index is 6.22. The molecule has 1 fully saturated rings. The van der Waals surface area contributed by atoms with Crippen molar-refractivity contribution in [2.45, 2.75) is 38.8 Å². The van der Waals surface area contributed by atoms with Gasteiger partial charge in [0.15, 0.2) is 0 Å². The van der Waals surface area contributed by atoms with Crippen LogP contribution in [0.4, 0.5) is 0 Å². The Kier molecular flexibility index (Phi) is 5.89. The van der Waals surface area contributed by atoms with Crippen LogP contribution in [-0.4, -0.2) is 35.6 Å². The van der Waals surface area contributed by atoms with Crippen LogP contribution < -0.4 is 5.32 Å². The molecule has 0 amide bonds. The van der Waals surface area contributed by atoms with Gasteiger partial charge < -0.3 is 5.32 Å². The van der Waals surface area contributed by atoms with Gasteiger partial charge in [-0.1, -0.05) is 30.1 Å². The SMILES string of the molecule is CCCN(Cc1nc(Cl)ccc1Cl)C1CCNCC1. The summed E-state index contributed by atoms with van der Waals surface area (Å²) in [7, 11) is 0. The molecule has 2 rings (SSSR count). The minimum absolute atomic E-state index is 0.515. The summed E-state index contributed by atoms with van der Waals surface area (Å²) >= 11 is 12.2. The summed E-state index contributed by atoms with van der Waals surface area (Å²) < 4.78 is 0. The summed E-state index contributed by atoms with van der Waals surface area (Å²) in [5, 5.41) is 4.63. The zero-order valence-corrected chi connectivity index (χ0v) is 12.8. The van der Waals surface area contributed by atoms with E-state index in [4.69, 9.17) is 23.2 Å². The number of pyridine rings is 1. The summed E-state index contributed by atoms with van der Waals surface area (Å²) in [6.07, 6.45) is 3.53. The van der Waals surface area contributed by atoms with Crippen LogP contribution in [0.5, 0.6) is 0 Å². The number of rotatable bonds is 5. The normalized spacial score (nSPS) is 17.1. The first-order valence-corrected chi connectivity index (χ1v) is 7.72. The van der Waals surface area contributed by atoms with Crippen molar-refractivity contribution in [3.8, 4) is 0 Å². The highest BCUT2D eigenvalue weighted by Crippen LogP contribution is 2.21. The fourth-order valence-corrected chi connectivity index (χ4v) is 2.94. The first-order valence-electron chi connectivity index (χ1n) is 6.96. The van der Waals surface area contributed by atoms with E-state index in [1.165, 1.54) is 12.8 Å². The van der Waals surface area contributed by atoms with Gasteiger partial charge in [0.05, 0.1) is 10.7 Å². The Bertz CT molecular complexity index is 406. The lowest BCUT2D eigenvalue weighted by atomic mass is 10.0. The monoisotopic (exact) mass is 301 g/mol. The van der Waals surface area contributed by atoms with Crippen LogP contribution in [0.25, 0.3) is 0 Å². The van der Waals surface area contributed by atoms with Gasteiger partial charge in [0, 0.05) is 12.6 Å². The summed E-state index contributed by atoms with van der Waals surface area (Å²) in [6, 6.07) is 4.19. The second-order valence-corrected chi connectivity index (χ2v) is 5.81. The molecule has 3 nitrogen and oxygen atoms in total. The molecule has 5 heteroatoms. The molecule has 1 aliphatic rings. The molecule has 1 aliphatic heterocycles. The maximum Gasteiger partial charge on any atom is 0.129 e. The van der Waals surface area contributed by atoms with E-state index in [9.17, 15) is 0 Å². The first-order chi connectivity index (χ1) is 9.20. The van der Waals surface area contributed by atoms with Crippen molar-refractivity contribution in [3.05, 3.63) is 28.0 Å². The van der Waals surface area contributed by atoms with Crippen molar-refractivity contribution in [1.29, 1.82) is 0 Å². The van der Waals surface area contributed by atoms with E-state index < -0.39 is 0 Å². The van der Waals surface area contributed by atoms with Crippen molar-refractivity contribution in [3.63, 3.8) is 0 Å². The molecule has 1 N–H and O–H groups in total. The maximum absolute atomic E-state index is 6.22. The number of hydrogen-bond donors (Lipinski definition) is 1. The van der Waals surface area contributed by atoms with Crippen molar-refractivity contribution < 1.29 is 0 Å². The van der Waals surface area contributed by atoms with Crippen molar-refractivity contribution in [1.82, 2.24) is 15.2 Å². The van der Waals surface area contributed by atoms with Crippen LogP contribution in [0.1, 0.15) is 31.9 Å². The van der Waals surface area contributed by atoms with Crippen molar-refractivity contribution >= 4 is 23.2 Å². The second-order valence-electron chi connectivity index (χ2n) is 5.01. The van der Waals surface area contributed by atoms with Crippen molar-refractivity contribution in [2.75, 3.05) is 19.6 Å². The Morgan fingerprint density at radius 3 is 2.74 bits per heavy atom. The van der Waals surface area contributed by atoms with E-state index in [0.29, 0.717) is 16.2 Å². The van der Waals surface area contributed by atoms with Gasteiger partial charge in [-0.3, -0.25) is 4.90 Å². The Balaban J connectivity index is 2.08. The smallest absolute Gasteiger partial charge is 0.129 e. The van der Waals surface area contributed by atoms with Gasteiger partial charge in [0.2, 0.25) is 0 Å². The zero-order chi connectivity index (χ0) is 13.7. The number of hydrogen-bond acceptors (Lipinski definition) is 3. The number of aromatic nitrogens is 1. The van der Waals surface area contributed by atoms with Crippen LogP contribution in [0.2, 0.25) is 10.2 Å². The standard InChI is InChI=1S/C14H21Cl2N3/c1-2-9-19(11-5-7-17-8-6-11)10-13-12(15)3-4-14(16)18-13/h3-4,11,17H,2,5-10H2,1H3. The summed E-state index contributed by atoms with van der Waals surface area (Å²) in [5.41, 5.74) is 0.890. The van der Waals surface area contributed by atoms with Crippen LogP contribution in [0.15, 0.2) is 12.1 Å². The van der Waals surface area contributed by atoms with Gasteiger partial charge in [-0.15, -0.1) is 0 Å². The lowest BCUT2D eigenvalue weighted by Gasteiger charge is -2.34. The van der Waals surface area contributed by atoms with E-state index >= 15 is 0 Å². The molecule has 2 heterocycles. The van der Waals surface area contributed by atoms with Crippen LogP contribution in [-0.2, 0) is 6.54 Å². The minimum atomic E-state index is 0.515. The highest BCUT2D eigenvalue weighted by Gasteiger charge is 2.21. The van der Waals surface area contributed by atoms with E-state index in [2.05, 4.69) is 22.1 Å². The van der Waals surface area contributed by atoms with E-state index in [0.717, 1.165) is 38.3 Å². The zero-order valence-electron chi connectivity index (χ0n) is 11.3. The van der Waals surface area contributed by atoms with Gasteiger partial charge in [0.25, 0.3) is 0 Å². The predicted molar refractivity (Wildman–Crippen MR) is 80.8 cm³/mol. The molecule has 0 radical (unpaired) electrons. The quantitative estimate of drug-likeness (QED) is 0.845. The van der Waals surface area contributed by atoms with Gasteiger partial charge in [-0.25, -0.2) is 4.98 Å². The summed E-state index contributed by atoms with van der Waals surface area (Å²) in [6.45, 7) is 6.28. The number of halogens is 2. The molecule has 1 aromatic rings. The van der Waals surface area contributed by atoms with Crippen LogP contribution in [0.3, 0.4) is 0 Å². The average Bonchev–Trinajstić information content (AvgIpc) is 2.43. The van der Waals surface area contributed by atoms with E-state index in [1.54, 1.807) is 6.07 Å². The van der Waals surface area contributed by atoms with Crippen LogP contribution >= 0.6 is 23.2 Å².